The van der Waals surface area contributed by atoms with E-state index < -0.39 is 11.9 Å². The molecule has 0 aliphatic carbocycles. The highest BCUT2D eigenvalue weighted by atomic mass is 32.1. The number of amides is 1. The molecule has 1 aromatic heterocycles. The maximum atomic E-state index is 12.1. The number of benzene rings is 1. The Bertz CT molecular complexity index is 769. The van der Waals surface area contributed by atoms with Crippen LogP contribution in [-0.4, -0.2) is 31.3 Å². The number of hydrogen-bond acceptors (Lipinski definition) is 6. The molecule has 132 valence electrons. The van der Waals surface area contributed by atoms with Gasteiger partial charge in [-0.3, -0.25) is 4.79 Å². The Morgan fingerprint density at radius 2 is 1.96 bits per heavy atom. The van der Waals surface area contributed by atoms with Crippen LogP contribution in [0.15, 0.2) is 35.5 Å². The van der Waals surface area contributed by atoms with E-state index in [0.717, 1.165) is 16.0 Å². The van der Waals surface area contributed by atoms with Gasteiger partial charge in [0.2, 0.25) is 0 Å². The average Bonchev–Trinajstić information content (AvgIpc) is 2.87. The lowest BCUT2D eigenvalue weighted by atomic mass is 10.1. The first-order chi connectivity index (χ1) is 12.0. The topological polar surface area (TPSA) is 77.0 Å². The van der Waals surface area contributed by atoms with Crippen LogP contribution in [0, 0.1) is 13.8 Å². The van der Waals surface area contributed by atoms with Gasteiger partial charge in [0.1, 0.15) is 5.00 Å². The number of oxime groups is 1. The molecule has 25 heavy (non-hydrogen) atoms. The van der Waals surface area contributed by atoms with E-state index in [1.165, 1.54) is 17.6 Å². The van der Waals surface area contributed by atoms with Crippen LogP contribution in [0.4, 0.5) is 5.00 Å². The summed E-state index contributed by atoms with van der Waals surface area (Å²) in [6, 6.07) is 9.40. The van der Waals surface area contributed by atoms with Crippen molar-refractivity contribution in [3.63, 3.8) is 0 Å². The third kappa shape index (κ3) is 5.15. The van der Waals surface area contributed by atoms with E-state index in [4.69, 9.17) is 9.57 Å². The van der Waals surface area contributed by atoms with Crippen LogP contribution < -0.4 is 5.32 Å². The van der Waals surface area contributed by atoms with Crippen molar-refractivity contribution in [1.82, 2.24) is 0 Å². The quantitative estimate of drug-likeness (QED) is 0.465. The Hall–Kier alpha value is -2.67. The van der Waals surface area contributed by atoms with Crippen LogP contribution in [0.5, 0.6) is 0 Å². The SMILES string of the molecule is CCOC(=O)c1c(NC(=O)CO/N=C/c2ccccc2)sc(C)c1C. The van der Waals surface area contributed by atoms with Crippen molar-refractivity contribution in [2.45, 2.75) is 20.8 Å². The molecule has 0 saturated heterocycles. The largest absolute Gasteiger partial charge is 0.462 e. The number of hydrogen-bond donors (Lipinski definition) is 1. The molecular formula is C18H20N2O4S. The fourth-order valence-corrected chi connectivity index (χ4v) is 3.12. The predicted octanol–water partition coefficient (Wildman–Crippen LogP) is 3.53. The molecule has 0 unspecified atom stereocenters. The van der Waals surface area contributed by atoms with Crippen LogP contribution in [0.2, 0.25) is 0 Å². The molecule has 1 amide bonds. The number of esters is 1. The van der Waals surface area contributed by atoms with Gasteiger partial charge < -0.3 is 14.9 Å². The smallest absolute Gasteiger partial charge is 0.341 e. The minimum Gasteiger partial charge on any atom is -0.462 e. The van der Waals surface area contributed by atoms with E-state index in [9.17, 15) is 9.59 Å². The minimum atomic E-state index is -0.442. The van der Waals surface area contributed by atoms with Gasteiger partial charge in [-0.2, -0.15) is 0 Å². The van der Waals surface area contributed by atoms with Gasteiger partial charge in [-0.25, -0.2) is 4.79 Å². The Morgan fingerprint density at radius 1 is 1.24 bits per heavy atom. The second kappa shape index (κ2) is 8.98. The number of carbonyl (C=O) groups is 2. The lowest BCUT2D eigenvalue weighted by molar-refractivity contribution is -0.120. The standard InChI is InChI=1S/C18H20N2O4S/c1-4-23-18(22)16-12(2)13(3)25-17(16)20-15(21)11-24-19-10-14-8-6-5-7-9-14/h5-10H,4,11H2,1-3H3,(H,20,21)/b19-10+. The zero-order chi connectivity index (χ0) is 18.2. The molecule has 2 rings (SSSR count). The second-order valence-electron chi connectivity index (χ2n) is 5.17. The van der Waals surface area contributed by atoms with Gasteiger partial charge in [-0.05, 0) is 31.9 Å². The van der Waals surface area contributed by atoms with E-state index in [2.05, 4.69) is 10.5 Å². The summed E-state index contributed by atoms with van der Waals surface area (Å²) in [4.78, 5) is 30.0. The van der Waals surface area contributed by atoms with Crippen LogP contribution in [-0.2, 0) is 14.4 Å². The molecule has 0 fully saturated rings. The first kappa shape index (κ1) is 18.7. The number of thiophene rings is 1. The molecule has 0 aliphatic heterocycles. The van der Waals surface area contributed by atoms with Crippen molar-refractivity contribution in [3.8, 4) is 0 Å². The Labute approximate surface area is 150 Å². The fraction of sp³-hybridized carbons (Fsp3) is 0.278. The Morgan fingerprint density at radius 3 is 2.64 bits per heavy atom. The molecule has 0 aliphatic rings. The lowest BCUT2D eigenvalue weighted by Crippen LogP contribution is -2.18. The molecule has 0 radical (unpaired) electrons. The number of nitrogens with zero attached hydrogens (tertiary/aromatic N) is 1. The zero-order valence-electron chi connectivity index (χ0n) is 14.4. The van der Waals surface area contributed by atoms with Gasteiger partial charge in [-0.1, -0.05) is 35.5 Å². The number of anilines is 1. The lowest BCUT2D eigenvalue weighted by Gasteiger charge is -2.06. The number of ether oxygens (including phenoxy) is 1. The van der Waals surface area contributed by atoms with Crippen molar-refractivity contribution >= 4 is 34.4 Å². The molecule has 1 N–H and O–H groups in total. The number of rotatable bonds is 7. The van der Waals surface area contributed by atoms with Crippen molar-refractivity contribution in [2.24, 2.45) is 5.16 Å². The van der Waals surface area contributed by atoms with E-state index in [-0.39, 0.29) is 13.2 Å². The van der Waals surface area contributed by atoms with Crippen molar-refractivity contribution in [2.75, 3.05) is 18.5 Å². The first-order valence-electron chi connectivity index (χ1n) is 7.80. The molecule has 0 bridgehead atoms. The molecule has 1 heterocycles. The van der Waals surface area contributed by atoms with Crippen molar-refractivity contribution in [3.05, 3.63) is 51.9 Å². The highest BCUT2D eigenvalue weighted by molar-refractivity contribution is 7.16. The molecular weight excluding hydrogens is 340 g/mol. The van der Waals surface area contributed by atoms with Crippen LogP contribution in [0.1, 0.15) is 33.3 Å². The normalized spacial score (nSPS) is 10.7. The fourth-order valence-electron chi connectivity index (χ4n) is 2.06. The third-order valence-electron chi connectivity index (χ3n) is 3.39. The predicted molar refractivity (Wildman–Crippen MR) is 98.4 cm³/mol. The molecule has 6 nitrogen and oxygen atoms in total. The van der Waals surface area contributed by atoms with E-state index in [0.29, 0.717) is 10.6 Å². The summed E-state index contributed by atoms with van der Waals surface area (Å²) < 4.78 is 5.05. The average molecular weight is 360 g/mol. The van der Waals surface area contributed by atoms with E-state index in [1.54, 1.807) is 6.92 Å². The molecule has 0 saturated carbocycles. The summed E-state index contributed by atoms with van der Waals surface area (Å²) in [5.74, 6) is -0.834. The van der Waals surface area contributed by atoms with Crippen molar-refractivity contribution in [1.29, 1.82) is 0 Å². The maximum absolute atomic E-state index is 12.1. The highest BCUT2D eigenvalue weighted by Gasteiger charge is 2.22. The van der Waals surface area contributed by atoms with Crippen LogP contribution >= 0.6 is 11.3 Å². The number of aryl methyl sites for hydroxylation is 1. The summed E-state index contributed by atoms with van der Waals surface area (Å²) in [6.07, 6.45) is 1.52. The van der Waals surface area contributed by atoms with E-state index >= 15 is 0 Å². The van der Waals surface area contributed by atoms with E-state index in [1.807, 2.05) is 44.2 Å². The Balaban J connectivity index is 1.95. The molecule has 0 spiro atoms. The minimum absolute atomic E-state index is 0.248. The number of nitrogens with one attached hydrogen (secondary N) is 1. The van der Waals surface area contributed by atoms with Gasteiger partial charge in [0, 0.05) is 4.88 Å². The van der Waals surface area contributed by atoms with Gasteiger partial charge in [0.15, 0.2) is 6.61 Å². The zero-order valence-corrected chi connectivity index (χ0v) is 15.2. The third-order valence-corrected chi connectivity index (χ3v) is 4.51. The van der Waals surface area contributed by atoms with Crippen LogP contribution in [0.25, 0.3) is 0 Å². The summed E-state index contributed by atoms with van der Waals surface area (Å²) in [5.41, 5.74) is 2.07. The first-order valence-corrected chi connectivity index (χ1v) is 8.62. The summed E-state index contributed by atoms with van der Waals surface area (Å²) in [5, 5.41) is 6.92. The van der Waals surface area contributed by atoms with Gasteiger partial charge in [0.25, 0.3) is 5.91 Å². The van der Waals surface area contributed by atoms with Crippen molar-refractivity contribution < 1.29 is 19.2 Å². The second-order valence-corrected chi connectivity index (χ2v) is 6.40. The molecule has 2 aromatic rings. The van der Waals surface area contributed by atoms with Gasteiger partial charge in [0.05, 0.1) is 18.4 Å². The molecule has 1 aromatic carbocycles. The van der Waals surface area contributed by atoms with Crippen LogP contribution in [0.3, 0.4) is 0 Å². The van der Waals surface area contributed by atoms with Gasteiger partial charge >= 0.3 is 5.97 Å². The summed E-state index contributed by atoms with van der Waals surface area (Å²) >= 11 is 1.33. The maximum Gasteiger partial charge on any atom is 0.341 e. The summed E-state index contributed by atoms with van der Waals surface area (Å²) in [7, 11) is 0. The highest BCUT2D eigenvalue weighted by Crippen LogP contribution is 2.32. The monoisotopic (exact) mass is 360 g/mol. The summed E-state index contributed by atoms with van der Waals surface area (Å²) in [6.45, 7) is 5.48. The van der Waals surface area contributed by atoms with Gasteiger partial charge in [-0.15, -0.1) is 11.3 Å². The molecule has 7 heteroatoms. The number of carbonyl (C=O) groups excluding carboxylic acids is 2. The Kier molecular flexibility index (Phi) is 6.71. The molecule has 0 atom stereocenters.